The maximum absolute atomic E-state index is 12.4. The van der Waals surface area contributed by atoms with Crippen molar-refractivity contribution in [3.63, 3.8) is 0 Å². The predicted molar refractivity (Wildman–Crippen MR) is 102 cm³/mol. The van der Waals surface area contributed by atoms with Gasteiger partial charge in [0.15, 0.2) is 5.65 Å². The molecule has 0 radical (unpaired) electrons. The third-order valence-corrected chi connectivity index (χ3v) is 4.27. The van der Waals surface area contributed by atoms with Crippen molar-refractivity contribution in [2.24, 2.45) is 0 Å². The van der Waals surface area contributed by atoms with E-state index in [0.29, 0.717) is 16.9 Å². The molecule has 138 valence electrons. The topological polar surface area (TPSA) is 115 Å². The number of nitro benzene ring substituents is 1. The third-order valence-electron chi connectivity index (χ3n) is 4.27. The van der Waals surface area contributed by atoms with Crippen LogP contribution in [0.2, 0.25) is 0 Å². The zero-order valence-electron chi connectivity index (χ0n) is 14.7. The lowest BCUT2D eigenvalue weighted by atomic mass is 10.1. The van der Waals surface area contributed by atoms with Gasteiger partial charge in [0.2, 0.25) is 0 Å². The number of aryl methyl sites for hydroxylation is 1. The first-order valence-electron chi connectivity index (χ1n) is 8.35. The van der Waals surface area contributed by atoms with Gasteiger partial charge in [-0.25, -0.2) is 0 Å². The standard InChI is InChI=1S/C19H14N6O3/c1-12-2-3-14(10-17(12)25(27)28)19(26)21-15-6-4-13(5-7-15)16-8-9-18-22-20-11-24(18)23-16/h2-11H,1H3,(H,21,26). The fourth-order valence-electron chi connectivity index (χ4n) is 2.76. The van der Waals surface area contributed by atoms with Gasteiger partial charge in [0.1, 0.15) is 6.33 Å². The Morgan fingerprint density at radius 2 is 1.89 bits per heavy atom. The second kappa shape index (κ2) is 6.88. The van der Waals surface area contributed by atoms with Gasteiger partial charge in [-0.1, -0.05) is 18.2 Å². The number of amides is 1. The normalized spacial score (nSPS) is 10.8. The molecule has 4 aromatic rings. The molecule has 0 saturated carbocycles. The first kappa shape index (κ1) is 17.3. The second-order valence-electron chi connectivity index (χ2n) is 6.14. The first-order valence-corrected chi connectivity index (χ1v) is 8.35. The van der Waals surface area contributed by atoms with Gasteiger partial charge in [-0.3, -0.25) is 14.9 Å². The number of anilines is 1. The molecule has 0 spiro atoms. The van der Waals surface area contributed by atoms with Crippen molar-refractivity contribution >= 4 is 22.9 Å². The molecular weight excluding hydrogens is 360 g/mol. The van der Waals surface area contributed by atoms with Gasteiger partial charge in [0, 0.05) is 28.4 Å². The molecule has 1 amide bonds. The predicted octanol–water partition coefficient (Wildman–Crippen LogP) is 3.26. The maximum Gasteiger partial charge on any atom is 0.273 e. The maximum atomic E-state index is 12.4. The molecular formula is C19H14N6O3. The average Bonchev–Trinajstić information content (AvgIpc) is 3.16. The van der Waals surface area contributed by atoms with E-state index < -0.39 is 10.8 Å². The monoisotopic (exact) mass is 374 g/mol. The number of fused-ring (bicyclic) bond motifs is 1. The molecule has 0 unspecified atom stereocenters. The molecule has 28 heavy (non-hydrogen) atoms. The fourth-order valence-corrected chi connectivity index (χ4v) is 2.76. The summed E-state index contributed by atoms with van der Waals surface area (Å²) in [6.07, 6.45) is 1.52. The fraction of sp³-hybridized carbons (Fsp3) is 0.0526. The van der Waals surface area contributed by atoms with E-state index in [1.54, 1.807) is 35.7 Å². The average molecular weight is 374 g/mol. The number of carbonyl (C=O) groups is 1. The van der Waals surface area contributed by atoms with E-state index in [1.165, 1.54) is 12.4 Å². The lowest BCUT2D eigenvalue weighted by Gasteiger charge is -2.07. The van der Waals surface area contributed by atoms with E-state index in [-0.39, 0.29) is 11.3 Å². The Labute approximate surface area is 158 Å². The number of nitrogens with one attached hydrogen (secondary N) is 1. The van der Waals surface area contributed by atoms with Crippen molar-refractivity contribution in [2.45, 2.75) is 6.92 Å². The number of nitrogens with zero attached hydrogens (tertiary/aromatic N) is 5. The van der Waals surface area contributed by atoms with Gasteiger partial charge >= 0.3 is 0 Å². The van der Waals surface area contributed by atoms with Crippen molar-refractivity contribution in [1.82, 2.24) is 19.8 Å². The van der Waals surface area contributed by atoms with Crippen molar-refractivity contribution in [3.8, 4) is 11.3 Å². The quantitative estimate of drug-likeness (QED) is 0.433. The van der Waals surface area contributed by atoms with E-state index in [0.717, 1.165) is 11.3 Å². The van der Waals surface area contributed by atoms with Crippen molar-refractivity contribution in [1.29, 1.82) is 0 Å². The first-order chi connectivity index (χ1) is 13.5. The van der Waals surface area contributed by atoms with Gasteiger partial charge in [-0.15, -0.1) is 10.2 Å². The molecule has 2 heterocycles. The highest BCUT2D eigenvalue weighted by molar-refractivity contribution is 6.04. The van der Waals surface area contributed by atoms with Crippen LogP contribution in [0.3, 0.4) is 0 Å². The number of benzene rings is 2. The molecule has 0 bridgehead atoms. The van der Waals surface area contributed by atoms with Crippen LogP contribution in [0.15, 0.2) is 60.9 Å². The Bertz CT molecular complexity index is 1200. The molecule has 0 saturated heterocycles. The summed E-state index contributed by atoms with van der Waals surface area (Å²) in [7, 11) is 0. The lowest BCUT2D eigenvalue weighted by molar-refractivity contribution is -0.385. The van der Waals surface area contributed by atoms with Gasteiger partial charge in [-0.2, -0.15) is 9.61 Å². The smallest absolute Gasteiger partial charge is 0.273 e. The Balaban J connectivity index is 1.53. The van der Waals surface area contributed by atoms with Crippen molar-refractivity contribution < 1.29 is 9.72 Å². The van der Waals surface area contributed by atoms with Crippen LogP contribution in [0.25, 0.3) is 16.9 Å². The van der Waals surface area contributed by atoms with Crippen LogP contribution in [0.5, 0.6) is 0 Å². The summed E-state index contributed by atoms with van der Waals surface area (Å²) in [5, 5.41) is 25.9. The molecule has 0 atom stereocenters. The van der Waals surface area contributed by atoms with Crippen LogP contribution in [-0.4, -0.2) is 30.6 Å². The zero-order valence-corrected chi connectivity index (χ0v) is 14.7. The molecule has 0 fully saturated rings. The highest BCUT2D eigenvalue weighted by Crippen LogP contribution is 2.22. The Kier molecular flexibility index (Phi) is 4.24. The van der Waals surface area contributed by atoms with E-state index in [2.05, 4.69) is 20.6 Å². The van der Waals surface area contributed by atoms with Crippen LogP contribution in [0.4, 0.5) is 11.4 Å². The van der Waals surface area contributed by atoms with E-state index in [9.17, 15) is 14.9 Å². The van der Waals surface area contributed by atoms with Gasteiger partial charge in [0.05, 0.1) is 10.6 Å². The Morgan fingerprint density at radius 3 is 2.64 bits per heavy atom. The van der Waals surface area contributed by atoms with E-state index in [4.69, 9.17) is 0 Å². The minimum atomic E-state index is -0.499. The van der Waals surface area contributed by atoms with Crippen molar-refractivity contribution in [2.75, 3.05) is 5.32 Å². The summed E-state index contributed by atoms with van der Waals surface area (Å²) in [6, 6.07) is 15.2. The Hall–Kier alpha value is -4.14. The summed E-state index contributed by atoms with van der Waals surface area (Å²) in [6.45, 7) is 1.63. The number of hydrogen-bond donors (Lipinski definition) is 1. The Morgan fingerprint density at radius 1 is 1.11 bits per heavy atom. The molecule has 1 N–H and O–H groups in total. The van der Waals surface area contributed by atoms with Crippen molar-refractivity contribution in [3.05, 3.63) is 82.2 Å². The van der Waals surface area contributed by atoms with Crippen LogP contribution in [0, 0.1) is 17.0 Å². The summed E-state index contributed by atoms with van der Waals surface area (Å²) >= 11 is 0. The molecule has 2 aromatic carbocycles. The van der Waals surface area contributed by atoms with Crippen LogP contribution < -0.4 is 5.32 Å². The summed E-state index contributed by atoms with van der Waals surface area (Å²) in [5.74, 6) is -0.417. The lowest BCUT2D eigenvalue weighted by Crippen LogP contribution is -2.12. The molecule has 0 aliphatic heterocycles. The summed E-state index contributed by atoms with van der Waals surface area (Å²) in [4.78, 5) is 23.0. The number of rotatable bonds is 4. The number of carbonyl (C=O) groups excluding carboxylic acids is 1. The van der Waals surface area contributed by atoms with Crippen LogP contribution >= 0.6 is 0 Å². The molecule has 4 rings (SSSR count). The minimum Gasteiger partial charge on any atom is -0.322 e. The zero-order chi connectivity index (χ0) is 19.7. The third kappa shape index (κ3) is 3.28. The van der Waals surface area contributed by atoms with E-state index >= 15 is 0 Å². The SMILES string of the molecule is Cc1ccc(C(=O)Nc2ccc(-c3ccc4nncn4n3)cc2)cc1[N+](=O)[O-]. The highest BCUT2D eigenvalue weighted by atomic mass is 16.6. The molecule has 2 aromatic heterocycles. The van der Waals surface area contributed by atoms with Gasteiger partial charge in [0.25, 0.3) is 11.6 Å². The van der Waals surface area contributed by atoms with E-state index in [1.807, 2.05) is 24.3 Å². The number of aromatic nitrogens is 4. The van der Waals surface area contributed by atoms with Gasteiger partial charge in [-0.05, 0) is 37.3 Å². The number of nitro groups is 1. The largest absolute Gasteiger partial charge is 0.322 e. The molecule has 9 heteroatoms. The second-order valence-corrected chi connectivity index (χ2v) is 6.14. The molecule has 0 aliphatic carbocycles. The summed E-state index contributed by atoms with van der Waals surface area (Å²) in [5.41, 5.74) is 3.46. The minimum absolute atomic E-state index is 0.0848. The molecule has 9 nitrogen and oxygen atoms in total. The van der Waals surface area contributed by atoms with Gasteiger partial charge < -0.3 is 5.32 Å². The number of hydrogen-bond acceptors (Lipinski definition) is 6. The molecule has 0 aliphatic rings. The van der Waals surface area contributed by atoms with Crippen LogP contribution in [-0.2, 0) is 0 Å². The summed E-state index contributed by atoms with van der Waals surface area (Å²) < 4.78 is 1.58. The van der Waals surface area contributed by atoms with Crippen LogP contribution in [0.1, 0.15) is 15.9 Å². The highest BCUT2D eigenvalue weighted by Gasteiger charge is 2.15.